The average molecular weight is 224 g/mol. The molecule has 0 fully saturated rings. The number of aromatic nitrogens is 3. The van der Waals surface area contributed by atoms with Crippen LogP contribution in [0.15, 0.2) is 41.6 Å². The Kier molecular flexibility index (Phi) is 2.87. The predicted molar refractivity (Wildman–Crippen MR) is 59.3 cm³/mol. The maximum absolute atomic E-state index is 11.8. The minimum absolute atomic E-state index is 0.0470. The van der Waals surface area contributed by atoms with Crippen LogP contribution < -0.4 is 5.56 Å². The molecule has 0 aliphatic rings. The zero-order valence-electron chi connectivity index (χ0n) is 8.01. The maximum Gasteiger partial charge on any atom is 0.276 e. The van der Waals surface area contributed by atoms with Crippen molar-refractivity contribution in [3.05, 3.63) is 47.2 Å². The standard InChI is InChI=1S/C10H10ClN3O/c11-4-1-2-6-13-7-8-14-9(10(13)15)3-5-12-14/h1-3,5,7-8H,4,6H2/b2-1+. The second kappa shape index (κ2) is 4.31. The third kappa shape index (κ3) is 1.94. The largest absolute Gasteiger partial charge is 0.308 e. The Morgan fingerprint density at radius 3 is 3.07 bits per heavy atom. The molecule has 2 rings (SSSR count). The molecule has 0 amide bonds. The molecule has 0 spiro atoms. The van der Waals surface area contributed by atoms with Gasteiger partial charge in [0.25, 0.3) is 5.56 Å². The SMILES string of the molecule is O=c1c2ccnn2ccn1C/C=C/CCl. The van der Waals surface area contributed by atoms with Crippen LogP contribution in [-0.4, -0.2) is 20.1 Å². The first-order valence-electron chi connectivity index (χ1n) is 4.56. The van der Waals surface area contributed by atoms with Crippen LogP contribution in [0.1, 0.15) is 0 Å². The Hall–Kier alpha value is -1.55. The van der Waals surface area contributed by atoms with Gasteiger partial charge in [-0.3, -0.25) is 4.79 Å². The van der Waals surface area contributed by atoms with Crippen LogP contribution in [0, 0.1) is 0 Å². The summed E-state index contributed by atoms with van der Waals surface area (Å²) in [5.74, 6) is 0.462. The van der Waals surface area contributed by atoms with E-state index in [9.17, 15) is 4.79 Å². The third-order valence-electron chi connectivity index (χ3n) is 2.10. The molecule has 0 radical (unpaired) electrons. The molecule has 2 aromatic rings. The summed E-state index contributed by atoms with van der Waals surface area (Å²) in [6.07, 6.45) is 8.75. The molecule has 4 nitrogen and oxygen atoms in total. The summed E-state index contributed by atoms with van der Waals surface area (Å²) in [4.78, 5) is 11.8. The van der Waals surface area contributed by atoms with Crippen molar-refractivity contribution in [1.29, 1.82) is 0 Å². The summed E-state index contributed by atoms with van der Waals surface area (Å²) >= 11 is 5.50. The smallest absolute Gasteiger partial charge is 0.276 e. The highest BCUT2D eigenvalue weighted by atomic mass is 35.5. The van der Waals surface area contributed by atoms with E-state index in [1.54, 1.807) is 33.7 Å². The molecule has 0 aliphatic carbocycles. The molecule has 0 aromatic carbocycles. The zero-order valence-corrected chi connectivity index (χ0v) is 8.76. The Morgan fingerprint density at radius 1 is 1.40 bits per heavy atom. The molecule has 0 atom stereocenters. The lowest BCUT2D eigenvalue weighted by Gasteiger charge is -2.01. The summed E-state index contributed by atoms with van der Waals surface area (Å²) < 4.78 is 3.17. The van der Waals surface area contributed by atoms with E-state index in [4.69, 9.17) is 11.6 Å². The van der Waals surface area contributed by atoms with Gasteiger partial charge in [-0.05, 0) is 6.07 Å². The summed E-state index contributed by atoms with van der Waals surface area (Å²) in [6, 6.07) is 1.70. The number of alkyl halides is 1. The van der Waals surface area contributed by atoms with Gasteiger partial charge >= 0.3 is 0 Å². The van der Waals surface area contributed by atoms with Gasteiger partial charge in [0.2, 0.25) is 0 Å². The molecule has 78 valence electrons. The molecule has 0 saturated carbocycles. The molecule has 0 unspecified atom stereocenters. The van der Waals surface area contributed by atoms with E-state index in [0.29, 0.717) is 17.9 Å². The number of hydrogen-bond acceptors (Lipinski definition) is 2. The van der Waals surface area contributed by atoms with Crippen molar-refractivity contribution >= 4 is 17.1 Å². The van der Waals surface area contributed by atoms with Gasteiger partial charge in [-0.25, -0.2) is 4.52 Å². The zero-order chi connectivity index (χ0) is 10.7. The van der Waals surface area contributed by atoms with E-state index < -0.39 is 0 Å². The van der Waals surface area contributed by atoms with Gasteiger partial charge in [0.15, 0.2) is 0 Å². The number of hydrogen-bond donors (Lipinski definition) is 0. The van der Waals surface area contributed by atoms with Crippen molar-refractivity contribution in [1.82, 2.24) is 14.2 Å². The van der Waals surface area contributed by atoms with Crippen LogP contribution in [0.4, 0.5) is 0 Å². The second-order valence-electron chi connectivity index (χ2n) is 3.04. The van der Waals surface area contributed by atoms with Crippen LogP contribution in [0.3, 0.4) is 0 Å². The van der Waals surface area contributed by atoms with Crippen molar-refractivity contribution in [3.63, 3.8) is 0 Å². The number of rotatable bonds is 3. The normalized spacial score (nSPS) is 11.5. The molecule has 0 N–H and O–H groups in total. The molecule has 2 heterocycles. The van der Waals surface area contributed by atoms with E-state index in [0.717, 1.165) is 0 Å². The highest BCUT2D eigenvalue weighted by Gasteiger charge is 2.00. The number of halogens is 1. The Morgan fingerprint density at radius 2 is 2.27 bits per heavy atom. The van der Waals surface area contributed by atoms with Crippen LogP contribution in [0.2, 0.25) is 0 Å². The van der Waals surface area contributed by atoms with Crippen molar-refractivity contribution in [2.24, 2.45) is 0 Å². The summed E-state index contributed by atoms with van der Waals surface area (Å²) in [7, 11) is 0. The topological polar surface area (TPSA) is 39.3 Å². The lowest BCUT2D eigenvalue weighted by molar-refractivity contribution is 0.758. The molecular formula is C10H10ClN3O. The third-order valence-corrected chi connectivity index (χ3v) is 2.27. The van der Waals surface area contributed by atoms with Gasteiger partial charge in [-0.2, -0.15) is 5.10 Å². The lowest BCUT2D eigenvalue weighted by Crippen LogP contribution is -2.20. The monoisotopic (exact) mass is 223 g/mol. The molecule has 15 heavy (non-hydrogen) atoms. The molecular weight excluding hydrogens is 214 g/mol. The minimum Gasteiger partial charge on any atom is -0.308 e. The van der Waals surface area contributed by atoms with E-state index >= 15 is 0 Å². The molecule has 0 bridgehead atoms. The Bertz CT molecular complexity index is 541. The first kappa shape index (κ1) is 9.98. The van der Waals surface area contributed by atoms with Crippen LogP contribution in [0.25, 0.3) is 5.52 Å². The van der Waals surface area contributed by atoms with Crippen molar-refractivity contribution in [3.8, 4) is 0 Å². The fourth-order valence-electron chi connectivity index (χ4n) is 1.36. The van der Waals surface area contributed by atoms with E-state index in [1.807, 2.05) is 12.2 Å². The second-order valence-corrected chi connectivity index (χ2v) is 3.35. The van der Waals surface area contributed by atoms with Crippen LogP contribution >= 0.6 is 11.6 Å². The van der Waals surface area contributed by atoms with Gasteiger partial charge in [0.05, 0.1) is 6.20 Å². The number of fused-ring (bicyclic) bond motifs is 1. The first-order chi connectivity index (χ1) is 7.33. The van der Waals surface area contributed by atoms with E-state index in [2.05, 4.69) is 5.10 Å². The molecule has 0 saturated heterocycles. The van der Waals surface area contributed by atoms with Crippen LogP contribution in [-0.2, 0) is 6.54 Å². The quantitative estimate of drug-likeness (QED) is 0.581. The summed E-state index contributed by atoms with van der Waals surface area (Å²) in [5, 5.41) is 3.98. The van der Waals surface area contributed by atoms with Crippen LogP contribution in [0.5, 0.6) is 0 Å². The predicted octanol–water partition coefficient (Wildman–Crippen LogP) is 1.29. The van der Waals surface area contributed by atoms with Gasteiger partial charge in [-0.15, -0.1) is 11.6 Å². The molecule has 2 aromatic heterocycles. The van der Waals surface area contributed by atoms with Crippen molar-refractivity contribution in [2.75, 3.05) is 5.88 Å². The number of allylic oxidation sites excluding steroid dienone is 2. The fourth-order valence-corrected chi connectivity index (χ4v) is 1.48. The summed E-state index contributed by atoms with van der Waals surface area (Å²) in [5.41, 5.74) is 0.533. The average Bonchev–Trinajstić information content (AvgIpc) is 2.70. The Balaban J connectivity index is 2.40. The highest BCUT2D eigenvalue weighted by molar-refractivity contribution is 6.18. The molecule has 0 aliphatic heterocycles. The van der Waals surface area contributed by atoms with Gasteiger partial charge in [0.1, 0.15) is 5.52 Å². The maximum atomic E-state index is 11.8. The van der Waals surface area contributed by atoms with Gasteiger partial charge in [0, 0.05) is 24.8 Å². The van der Waals surface area contributed by atoms with E-state index in [1.165, 1.54) is 0 Å². The first-order valence-corrected chi connectivity index (χ1v) is 5.10. The molecule has 5 heteroatoms. The van der Waals surface area contributed by atoms with Gasteiger partial charge < -0.3 is 4.57 Å². The van der Waals surface area contributed by atoms with Crippen molar-refractivity contribution in [2.45, 2.75) is 6.54 Å². The van der Waals surface area contributed by atoms with Gasteiger partial charge in [-0.1, -0.05) is 12.2 Å². The Labute approximate surface area is 91.4 Å². The summed E-state index contributed by atoms with van der Waals surface area (Å²) in [6.45, 7) is 0.535. The van der Waals surface area contributed by atoms with E-state index in [-0.39, 0.29) is 5.56 Å². The highest BCUT2D eigenvalue weighted by Crippen LogP contribution is 1.94. The lowest BCUT2D eigenvalue weighted by atomic mass is 10.4. The number of nitrogens with zero attached hydrogens (tertiary/aromatic N) is 3. The minimum atomic E-state index is -0.0470. The fraction of sp³-hybridized carbons (Fsp3) is 0.200. The van der Waals surface area contributed by atoms with Crippen molar-refractivity contribution < 1.29 is 0 Å².